The lowest BCUT2D eigenvalue weighted by molar-refractivity contribution is -0.111. The summed E-state index contributed by atoms with van der Waals surface area (Å²) in [5, 5.41) is 3.40. The van der Waals surface area contributed by atoms with E-state index in [-0.39, 0.29) is 22.4 Å². The van der Waals surface area contributed by atoms with Crippen LogP contribution in [0.15, 0.2) is 83.3 Å². The Bertz CT molecular complexity index is 1340. The predicted molar refractivity (Wildman–Crippen MR) is 129 cm³/mol. The molecule has 4 rings (SSSR count). The summed E-state index contributed by atoms with van der Waals surface area (Å²) in [6.45, 7) is 6.43. The van der Waals surface area contributed by atoms with Crippen molar-refractivity contribution in [1.82, 2.24) is 0 Å². The molecule has 0 saturated heterocycles. The van der Waals surface area contributed by atoms with Crippen LogP contribution in [-0.4, -0.2) is 11.7 Å². The molecule has 1 heterocycles. The number of benzene rings is 3. The maximum Gasteiger partial charge on any atom is 0.248 e. The second-order valence-corrected chi connectivity index (χ2v) is 8.83. The van der Waals surface area contributed by atoms with Crippen molar-refractivity contribution in [1.29, 1.82) is 0 Å². The van der Waals surface area contributed by atoms with Crippen LogP contribution in [0.4, 0.5) is 10.1 Å². The number of halogens is 1. The molecule has 4 nitrogen and oxygen atoms in total. The fourth-order valence-corrected chi connectivity index (χ4v) is 3.49. The van der Waals surface area contributed by atoms with E-state index in [0.717, 1.165) is 5.56 Å². The van der Waals surface area contributed by atoms with Crippen LogP contribution in [0.1, 0.15) is 48.0 Å². The number of carbonyl (C=O) groups is 2. The molecule has 33 heavy (non-hydrogen) atoms. The molecule has 0 aliphatic rings. The number of furan rings is 1. The molecule has 3 aromatic carbocycles. The van der Waals surface area contributed by atoms with Crippen LogP contribution < -0.4 is 5.32 Å². The van der Waals surface area contributed by atoms with E-state index in [1.807, 2.05) is 24.3 Å². The van der Waals surface area contributed by atoms with E-state index < -0.39 is 17.5 Å². The molecule has 0 unspecified atom stereocenters. The van der Waals surface area contributed by atoms with Crippen molar-refractivity contribution in [3.63, 3.8) is 0 Å². The standard InChI is InChI=1S/C28H24FNO3/c1-28(2,3)20-13-8-18(9-14-20)10-17-24(31)30-25-22-6-4-5-7-23(22)33-27(25)26(32)19-11-15-21(29)16-12-19/h4-17H,1-3H3,(H,30,31)/b17-10+. The van der Waals surface area contributed by atoms with Gasteiger partial charge in [0.25, 0.3) is 0 Å². The SMILES string of the molecule is CC(C)(C)c1ccc(/C=C/C(=O)Nc2c(C(=O)c3ccc(F)cc3)oc3ccccc23)cc1. The molecule has 0 fully saturated rings. The van der Waals surface area contributed by atoms with Crippen molar-refractivity contribution in [2.45, 2.75) is 26.2 Å². The number of amides is 1. The summed E-state index contributed by atoms with van der Waals surface area (Å²) in [6, 6.07) is 20.3. The highest BCUT2D eigenvalue weighted by molar-refractivity contribution is 6.18. The van der Waals surface area contributed by atoms with Crippen molar-refractivity contribution in [2.75, 3.05) is 5.32 Å². The third-order valence-electron chi connectivity index (χ3n) is 5.36. The van der Waals surface area contributed by atoms with Gasteiger partial charge in [0, 0.05) is 17.0 Å². The van der Waals surface area contributed by atoms with Crippen LogP contribution in [0, 0.1) is 5.82 Å². The molecule has 166 valence electrons. The van der Waals surface area contributed by atoms with Crippen LogP contribution in [-0.2, 0) is 10.2 Å². The molecule has 0 radical (unpaired) electrons. The molecule has 1 amide bonds. The van der Waals surface area contributed by atoms with Gasteiger partial charge in [0.15, 0.2) is 5.76 Å². The fourth-order valence-electron chi connectivity index (χ4n) is 3.49. The zero-order valence-electron chi connectivity index (χ0n) is 18.7. The largest absolute Gasteiger partial charge is 0.450 e. The number of fused-ring (bicyclic) bond motifs is 1. The molecule has 1 N–H and O–H groups in total. The van der Waals surface area contributed by atoms with Crippen LogP contribution in [0.3, 0.4) is 0 Å². The molecular formula is C28H24FNO3. The smallest absolute Gasteiger partial charge is 0.248 e. The summed E-state index contributed by atoms with van der Waals surface area (Å²) in [6.07, 6.45) is 3.13. The van der Waals surface area contributed by atoms with Crippen molar-refractivity contribution >= 4 is 34.4 Å². The van der Waals surface area contributed by atoms with E-state index >= 15 is 0 Å². The summed E-state index contributed by atoms with van der Waals surface area (Å²) in [5.74, 6) is -1.28. The van der Waals surface area contributed by atoms with Crippen LogP contribution in [0.25, 0.3) is 17.0 Å². The lowest BCUT2D eigenvalue weighted by atomic mass is 9.87. The maximum atomic E-state index is 13.3. The van der Waals surface area contributed by atoms with Crippen molar-refractivity contribution in [3.8, 4) is 0 Å². The number of rotatable bonds is 5. The van der Waals surface area contributed by atoms with Crippen molar-refractivity contribution < 1.29 is 18.4 Å². The first-order valence-electron chi connectivity index (χ1n) is 10.6. The van der Waals surface area contributed by atoms with Gasteiger partial charge in [0.05, 0.1) is 5.69 Å². The van der Waals surface area contributed by atoms with Crippen LogP contribution >= 0.6 is 0 Å². The summed E-state index contributed by atoms with van der Waals surface area (Å²) < 4.78 is 19.0. The highest BCUT2D eigenvalue weighted by Gasteiger charge is 2.23. The molecule has 0 spiro atoms. The van der Waals surface area contributed by atoms with E-state index in [2.05, 4.69) is 26.1 Å². The normalized spacial score (nSPS) is 11.8. The first-order valence-corrected chi connectivity index (χ1v) is 10.6. The molecule has 1 aromatic heterocycles. The number of hydrogen-bond acceptors (Lipinski definition) is 3. The summed E-state index contributed by atoms with van der Waals surface area (Å²) in [7, 11) is 0. The number of ketones is 1. The number of carbonyl (C=O) groups excluding carboxylic acids is 2. The average molecular weight is 442 g/mol. The Labute approximate surface area is 191 Å². The highest BCUT2D eigenvalue weighted by Crippen LogP contribution is 2.32. The van der Waals surface area contributed by atoms with E-state index in [9.17, 15) is 14.0 Å². The highest BCUT2D eigenvalue weighted by atomic mass is 19.1. The second-order valence-electron chi connectivity index (χ2n) is 8.83. The molecule has 0 bridgehead atoms. The van der Waals surface area contributed by atoms with E-state index in [0.29, 0.717) is 11.0 Å². The Morgan fingerprint density at radius 1 is 0.909 bits per heavy atom. The summed E-state index contributed by atoms with van der Waals surface area (Å²) in [5.41, 5.74) is 3.17. The number of nitrogens with one attached hydrogen (secondary N) is 1. The van der Waals surface area contributed by atoms with Crippen LogP contribution in [0.2, 0.25) is 0 Å². The first kappa shape index (κ1) is 22.2. The number of para-hydroxylation sites is 1. The Morgan fingerprint density at radius 3 is 2.24 bits per heavy atom. The summed E-state index contributed by atoms with van der Waals surface area (Å²) in [4.78, 5) is 25.7. The molecular weight excluding hydrogens is 417 g/mol. The van der Waals surface area contributed by atoms with Gasteiger partial charge in [-0.15, -0.1) is 0 Å². The minimum absolute atomic E-state index is 0.000844. The van der Waals surface area contributed by atoms with Gasteiger partial charge < -0.3 is 9.73 Å². The molecule has 0 saturated carbocycles. The zero-order chi connectivity index (χ0) is 23.6. The van der Waals surface area contributed by atoms with E-state index in [4.69, 9.17) is 4.42 Å². The third kappa shape index (κ3) is 4.93. The monoisotopic (exact) mass is 441 g/mol. The lowest BCUT2D eigenvalue weighted by Gasteiger charge is -2.18. The summed E-state index contributed by atoms with van der Waals surface area (Å²) >= 11 is 0. The fraction of sp³-hybridized carbons (Fsp3) is 0.143. The topological polar surface area (TPSA) is 59.3 Å². The number of hydrogen-bond donors (Lipinski definition) is 1. The minimum atomic E-state index is -0.441. The molecule has 0 aliphatic carbocycles. The van der Waals surface area contributed by atoms with Gasteiger partial charge in [-0.05, 0) is 59.0 Å². The number of anilines is 1. The molecule has 0 aliphatic heterocycles. The minimum Gasteiger partial charge on any atom is -0.450 e. The Kier molecular flexibility index (Phi) is 5.97. The van der Waals surface area contributed by atoms with Gasteiger partial charge >= 0.3 is 0 Å². The third-order valence-corrected chi connectivity index (χ3v) is 5.36. The zero-order valence-corrected chi connectivity index (χ0v) is 18.7. The van der Waals surface area contributed by atoms with Crippen LogP contribution in [0.5, 0.6) is 0 Å². The quantitative estimate of drug-likeness (QED) is 0.275. The first-order chi connectivity index (χ1) is 15.7. The van der Waals surface area contributed by atoms with Gasteiger partial charge in [0.2, 0.25) is 11.7 Å². The Balaban J connectivity index is 1.60. The molecule has 5 heteroatoms. The second kappa shape index (κ2) is 8.87. The Hall–Kier alpha value is -3.99. The van der Waals surface area contributed by atoms with Crippen molar-refractivity contribution in [2.24, 2.45) is 0 Å². The van der Waals surface area contributed by atoms with Gasteiger partial charge in [-0.2, -0.15) is 0 Å². The van der Waals surface area contributed by atoms with E-state index in [1.54, 1.807) is 30.3 Å². The average Bonchev–Trinajstić information content (AvgIpc) is 3.16. The Morgan fingerprint density at radius 2 is 1.58 bits per heavy atom. The van der Waals surface area contributed by atoms with E-state index in [1.165, 1.54) is 35.9 Å². The van der Waals surface area contributed by atoms with Gasteiger partial charge in [0.1, 0.15) is 11.4 Å². The molecule has 0 atom stereocenters. The van der Waals surface area contributed by atoms with Crippen molar-refractivity contribution in [3.05, 3.63) is 107 Å². The maximum absolute atomic E-state index is 13.3. The predicted octanol–water partition coefficient (Wildman–Crippen LogP) is 6.75. The van der Waals surface area contributed by atoms with Gasteiger partial charge in [-0.25, -0.2) is 4.39 Å². The lowest BCUT2D eigenvalue weighted by Crippen LogP contribution is -2.11. The molecule has 4 aromatic rings. The van der Waals surface area contributed by atoms with Gasteiger partial charge in [-0.1, -0.05) is 57.2 Å². The van der Waals surface area contributed by atoms with Gasteiger partial charge in [-0.3, -0.25) is 9.59 Å².